The Hall–Kier alpha value is -6.82. The zero-order chi connectivity index (χ0) is 33.2. The van der Waals surface area contributed by atoms with E-state index in [1.165, 1.54) is 12.1 Å². The molecule has 6 aromatic carbocycles. The third-order valence-electron chi connectivity index (χ3n) is 8.80. The van der Waals surface area contributed by atoms with Crippen LogP contribution in [0.25, 0.3) is 71.0 Å². The summed E-state index contributed by atoms with van der Waals surface area (Å²) in [6, 6.07) is 38.7. The molecule has 8 heteroatoms. The molecule has 2 heterocycles. The molecule has 0 aliphatic carbocycles. The van der Waals surface area contributed by atoms with E-state index in [1.54, 1.807) is 54.6 Å². The Morgan fingerprint density at radius 2 is 1.08 bits per heavy atom. The second kappa shape index (κ2) is 10.6. The fourth-order valence-corrected chi connectivity index (χ4v) is 6.85. The molecule has 0 aliphatic rings. The van der Waals surface area contributed by atoms with Gasteiger partial charge in [0.05, 0.1) is 68.8 Å². The molecule has 5 nitrogen and oxygen atoms in total. The predicted octanol–water partition coefficient (Wildman–Crippen LogP) is 10.9. The molecule has 0 aliphatic heterocycles. The highest BCUT2D eigenvalue weighted by Crippen LogP contribution is 2.46. The minimum absolute atomic E-state index is 0.0530. The maximum Gasteiger partial charge on any atom is 0.417 e. The van der Waals surface area contributed by atoms with Crippen molar-refractivity contribution < 1.29 is 13.2 Å². The predicted molar refractivity (Wildman–Crippen MR) is 181 cm³/mol. The molecule has 0 atom stereocenters. The van der Waals surface area contributed by atoms with E-state index in [1.807, 2.05) is 57.7 Å². The van der Waals surface area contributed by atoms with E-state index in [0.717, 1.165) is 27.6 Å². The van der Waals surface area contributed by atoms with Gasteiger partial charge in [0.1, 0.15) is 0 Å². The molecule has 0 fully saturated rings. The number of rotatable bonds is 3. The van der Waals surface area contributed by atoms with Crippen LogP contribution in [-0.2, 0) is 6.18 Å². The number of benzene rings is 6. The van der Waals surface area contributed by atoms with Gasteiger partial charge in [0.25, 0.3) is 0 Å². The minimum Gasteiger partial charge on any atom is -0.309 e. The zero-order valence-electron chi connectivity index (χ0n) is 24.9. The number of hydrogen-bond acceptors (Lipinski definition) is 2. The lowest BCUT2D eigenvalue weighted by molar-refractivity contribution is -0.137. The maximum atomic E-state index is 14.9. The topological polar surface area (TPSA) is 61.8 Å². The Bertz CT molecular complexity index is 2610. The van der Waals surface area contributed by atoms with Crippen molar-refractivity contribution in [3.63, 3.8) is 0 Å². The molecule has 0 radical (unpaired) electrons. The number of aromatic nitrogens is 2. The van der Waals surface area contributed by atoms with Crippen LogP contribution in [0.15, 0.2) is 121 Å². The number of nitriles is 2. The third-order valence-corrected chi connectivity index (χ3v) is 8.80. The van der Waals surface area contributed by atoms with Crippen LogP contribution < -0.4 is 0 Å². The van der Waals surface area contributed by atoms with Gasteiger partial charge in [-0.05, 0) is 71.6 Å². The second-order valence-electron chi connectivity index (χ2n) is 11.4. The Labute approximate surface area is 272 Å². The Kier molecular flexibility index (Phi) is 6.34. The Balaban J connectivity index is 1.63. The molecule has 0 saturated carbocycles. The first-order valence-electron chi connectivity index (χ1n) is 14.9. The Morgan fingerprint density at radius 3 is 1.67 bits per heavy atom. The summed E-state index contributed by atoms with van der Waals surface area (Å²) >= 11 is 0. The molecule has 0 N–H and O–H groups in total. The average Bonchev–Trinajstić information content (AvgIpc) is 3.62. The van der Waals surface area contributed by atoms with Crippen molar-refractivity contribution >= 4 is 49.3 Å². The quantitative estimate of drug-likeness (QED) is 0.183. The standard InChI is InChI=1S/C40H20F3N5/c1-46-26-15-17-36-31(21-26)28-9-4-7-13-34(28)48(36)38-20-25(23-45)19-37(39(38)29-10-2-5-11-32(29)40(41,42)43)47-33-12-6-3-8-27(33)30-18-24(22-44)14-16-35(30)47/h2-21H. The van der Waals surface area contributed by atoms with Crippen LogP contribution in [-0.4, -0.2) is 9.13 Å². The molecule has 0 spiro atoms. The van der Waals surface area contributed by atoms with Crippen LogP contribution >= 0.6 is 0 Å². The van der Waals surface area contributed by atoms with Crippen molar-refractivity contribution in [2.24, 2.45) is 0 Å². The van der Waals surface area contributed by atoms with Crippen molar-refractivity contribution in [2.45, 2.75) is 6.18 Å². The highest BCUT2D eigenvalue weighted by Gasteiger charge is 2.35. The monoisotopic (exact) mass is 627 g/mol. The molecule has 0 saturated heterocycles. The van der Waals surface area contributed by atoms with Gasteiger partial charge in [-0.1, -0.05) is 60.7 Å². The molecule has 8 rings (SSSR count). The first kappa shape index (κ1) is 28.6. The normalized spacial score (nSPS) is 11.6. The summed E-state index contributed by atoms with van der Waals surface area (Å²) in [5.41, 5.74) is 4.04. The first-order chi connectivity index (χ1) is 23.3. The summed E-state index contributed by atoms with van der Waals surface area (Å²) in [6.45, 7) is 7.60. The lowest BCUT2D eigenvalue weighted by Crippen LogP contribution is -2.10. The van der Waals surface area contributed by atoms with E-state index in [9.17, 15) is 23.7 Å². The van der Waals surface area contributed by atoms with Gasteiger partial charge < -0.3 is 9.13 Å². The fraction of sp³-hybridized carbons (Fsp3) is 0.0250. The molecule has 48 heavy (non-hydrogen) atoms. The van der Waals surface area contributed by atoms with Gasteiger partial charge in [-0.25, -0.2) is 4.85 Å². The molecule has 0 amide bonds. The summed E-state index contributed by atoms with van der Waals surface area (Å²) in [5.74, 6) is 0. The van der Waals surface area contributed by atoms with Gasteiger partial charge in [0.15, 0.2) is 5.69 Å². The van der Waals surface area contributed by atoms with Gasteiger partial charge in [0.2, 0.25) is 0 Å². The first-order valence-corrected chi connectivity index (χ1v) is 14.9. The highest BCUT2D eigenvalue weighted by molar-refractivity contribution is 6.12. The van der Waals surface area contributed by atoms with Crippen LogP contribution in [0.3, 0.4) is 0 Å². The van der Waals surface area contributed by atoms with Crippen LogP contribution in [0.5, 0.6) is 0 Å². The number of nitrogens with zero attached hydrogens (tertiary/aromatic N) is 5. The van der Waals surface area contributed by atoms with Crippen molar-refractivity contribution in [1.82, 2.24) is 9.13 Å². The lowest BCUT2D eigenvalue weighted by atomic mass is 9.94. The molecular weight excluding hydrogens is 607 g/mol. The second-order valence-corrected chi connectivity index (χ2v) is 11.4. The van der Waals surface area contributed by atoms with Gasteiger partial charge in [0, 0.05) is 21.7 Å². The molecule has 2 aromatic heterocycles. The average molecular weight is 628 g/mol. The molecule has 8 aromatic rings. The van der Waals surface area contributed by atoms with Crippen LogP contribution in [0.1, 0.15) is 16.7 Å². The van der Waals surface area contributed by atoms with Crippen molar-refractivity contribution in [2.75, 3.05) is 0 Å². The van der Waals surface area contributed by atoms with Gasteiger partial charge >= 0.3 is 6.18 Å². The smallest absolute Gasteiger partial charge is 0.309 e. The van der Waals surface area contributed by atoms with E-state index < -0.39 is 11.7 Å². The fourth-order valence-electron chi connectivity index (χ4n) is 6.85. The molecule has 0 unspecified atom stereocenters. The Morgan fingerprint density at radius 1 is 0.562 bits per heavy atom. The SMILES string of the molecule is [C-]#[N+]c1ccc2c(c1)c1ccccc1n2-c1cc(C#N)cc(-n2c3ccccc3c3cc(C#N)ccc32)c1-c1ccccc1C(F)(F)F. The third kappa shape index (κ3) is 4.23. The van der Waals surface area contributed by atoms with Crippen molar-refractivity contribution in [3.8, 4) is 34.6 Å². The van der Waals surface area contributed by atoms with E-state index in [2.05, 4.69) is 17.0 Å². The van der Waals surface area contributed by atoms with E-state index >= 15 is 0 Å². The number of halogens is 3. The van der Waals surface area contributed by atoms with Crippen molar-refractivity contribution in [1.29, 1.82) is 10.5 Å². The van der Waals surface area contributed by atoms with E-state index in [-0.39, 0.29) is 16.7 Å². The number of hydrogen-bond donors (Lipinski definition) is 0. The van der Waals surface area contributed by atoms with Gasteiger partial charge in [-0.3, -0.25) is 0 Å². The summed E-state index contributed by atoms with van der Waals surface area (Å²) in [5, 5.41) is 23.2. The highest BCUT2D eigenvalue weighted by atomic mass is 19.4. The van der Waals surface area contributed by atoms with Crippen LogP contribution in [0, 0.1) is 29.2 Å². The number of fused-ring (bicyclic) bond motifs is 6. The van der Waals surface area contributed by atoms with Crippen LogP contribution in [0.2, 0.25) is 0 Å². The van der Waals surface area contributed by atoms with Gasteiger partial charge in [-0.15, -0.1) is 0 Å². The van der Waals surface area contributed by atoms with Crippen molar-refractivity contribution in [3.05, 3.63) is 149 Å². The molecule has 0 bridgehead atoms. The summed E-state index contributed by atoms with van der Waals surface area (Å²) in [4.78, 5) is 3.61. The van der Waals surface area contributed by atoms with Gasteiger partial charge in [-0.2, -0.15) is 23.7 Å². The summed E-state index contributed by atoms with van der Waals surface area (Å²) < 4.78 is 48.4. The summed E-state index contributed by atoms with van der Waals surface area (Å²) in [7, 11) is 0. The lowest BCUT2D eigenvalue weighted by Gasteiger charge is -2.23. The number of para-hydroxylation sites is 2. The van der Waals surface area contributed by atoms with Crippen LogP contribution in [0.4, 0.5) is 18.9 Å². The maximum absolute atomic E-state index is 14.9. The zero-order valence-corrected chi connectivity index (χ0v) is 24.9. The molecular formula is C40H20F3N5. The minimum atomic E-state index is -4.69. The number of alkyl halides is 3. The largest absolute Gasteiger partial charge is 0.417 e. The van der Waals surface area contributed by atoms with E-state index in [4.69, 9.17) is 6.57 Å². The summed E-state index contributed by atoms with van der Waals surface area (Å²) in [6.07, 6.45) is -4.69. The molecule has 226 valence electrons. The van der Waals surface area contributed by atoms with E-state index in [0.29, 0.717) is 44.7 Å².